The van der Waals surface area contributed by atoms with E-state index in [0.29, 0.717) is 12.5 Å². The summed E-state index contributed by atoms with van der Waals surface area (Å²) in [6.45, 7) is 3.83. The molecule has 1 unspecified atom stereocenters. The van der Waals surface area contributed by atoms with Gasteiger partial charge in [0.25, 0.3) is 0 Å². The van der Waals surface area contributed by atoms with Gasteiger partial charge in [-0.25, -0.2) is 4.98 Å². The number of H-pyrrole nitrogens is 1. The Kier molecular flexibility index (Phi) is 8.73. The Morgan fingerprint density at radius 3 is 2.85 bits per heavy atom. The molecule has 2 heterocycles. The third kappa shape index (κ3) is 6.62. The molecule has 0 bridgehead atoms. The number of nitrogens with one attached hydrogen (secondary N) is 3. The summed E-state index contributed by atoms with van der Waals surface area (Å²) >= 11 is 1.81. The predicted octanol–water partition coefficient (Wildman–Crippen LogP) is 3.70. The largest absolute Gasteiger partial charge is 0.356 e. The van der Waals surface area contributed by atoms with E-state index in [1.165, 1.54) is 11.2 Å². The monoisotopic (exact) mass is 496 g/mol. The average molecular weight is 496 g/mol. The molecule has 6 nitrogen and oxygen atoms in total. The van der Waals surface area contributed by atoms with Crippen LogP contribution >= 0.6 is 35.3 Å². The highest BCUT2D eigenvalue weighted by Gasteiger charge is 2.07. The summed E-state index contributed by atoms with van der Waals surface area (Å²) in [5.41, 5.74) is 2.18. The van der Waals surface area contributed by atoms with Gasteiger partial charge >= 0.3 is 0 Å². The molecule has 3 N–H and O–H groups in total. The van der Waals surface area contributed by atoms with Crippen molar-refractivity contribution < 1.29 is 0 Å². The van der Waals surface area contributed by atoms with Gasteiger partial charge in [-0.1, -0.05) is 31.2 Å². The van der Waals surface area contributed by atoms with Crippen molar-refractivity contribution in [2.45, 2.75) is 19.9 Å². The van der Waals surface area contributed by atoms with Crippen molar-refractivity contribution in [3.8, 4) is 11.4 Å². The maximum atomic E-state index is 4.31. The first-order chi connectivity index (χ1) is 12.7. The standard InChI is InChI=1S/C19H24N6S.HI/c1-14(9-17-7-4-8-26-17)11-21-19(20-2)22-12-15-5-3-6-16(10-15)18-23-13-24-25-18;/h3-8,10,13-14H,9,11-12H2,1-2H3,(H2,20,21,22)(H,23,24,25);1H. The molecule has 0 fully saturated rings. The van der Waals surface area contributed by atoms with Crippen LogP contribution in [-0.2, 0) is 13.0 Å². The highest BCUT2D eigenvalue weighted by molar-refractivity contribution is 14.0. The van der Waals surface area contributed by atoms with E-state index in [-0.39, 0.29) is 24.0 Å². The smallest absolute Gasteiger partial charge is 0.191 e. The molecule has 0 saturated heterocycles. The van der Waals surface area contributed by atoms with Crippen LogP contribution < -0.4 is 10.6 Å². The Bertz CT molecular complexity index is 817. The molecule has 0 amide bonds. The van der Waals surface area contributed by atoms with Crippen LogP contribution in [0.15, 0.2) is 53.1 Å². The minimum absolute atomic E-state index is 0. The van der Waals surface area contributed by atoms with Gasteiger partial charge in [-0.05, 0) is 35.4 Å². The van der Waals surface area contributed by atoms with Crippen LogP contribution in [0.3, 0.4) is 0 Å². The lowest BCUT2D eigenvalue weighted by Gasteiger charge is -2.16. The zero-order valence-corrected chi connectivity index (χ0v) is 18.6. The fourth-order valence-corrected chi connectivity index (χ4v) is 3.56. The second kappa shape index (κ2) is 11.0. The van der Waals surface area contributed by atoms with E-state index in [4.69, 9.17) is 0 Å². The molecule has 27 heavy (non-hydrogen) atoms. The van der Waals surface area contributed by atoms with E-state index in [0.717, 1.165) is 35.9 Å². The maximum Gasteiger partial charge on any atom is 0.191 e. The lowest BCUT2D eigenvalue weighted by molar-refractivity contribution is 0.562. The predicted molar refractivity (Wildman–Crippen MR) is 123 cm³/mol. The number of halogens is 1. The number of thiophene rings is 1. The van der Waals surface area contributed by atoms with Gasteiger partial charge in [-0.3, -0.25) is 10.1 Å². The highest BCUT2D eigenvalue weighted by Crippen LogP contribution is 2.15. The van der Waals surface area contributed by atoms with Crippen molar-refractivity contribution in [2.75, 3.05) is 13.6 Å². The second-order valence-electron chi connectivity index (χ2n) is 6.23. The van der Waals surface area contributed by atoms with Gasteiger partial charge in [0.1, 0.15) is 6.33 Å². The Morgan fingerprint density at radius 2 is 2.15 bits per heavy atom. The molecular weight excluding hydrogens is 471 g/mol. The molecule has 3 rings (SSSR count). The number of hydrogen-bond acceptors (Lipinski definition) is 4. The Morgan fingerprint density at radius 1 is 1.26 bits per heavy atom. The zero-order valence-electron chi connectivity index (χ0n) is 15.5. The van der Waals surface area contributed by atoms with Crippen molar-refractivity contribution in [1.82, 2.24) is 25.8 Å². The van der Waals surface area contributed by atoms with E-state index < -0.39 is 0 Å². The normalized spacial score (nSPS) is 12.3. The fraction of sp³-hybridized carbons (Fsp3) is 0.316. The first kappa shape index (κ1) is 21.4. The molecular formula is C19H25IN6S. The lowest BCUT2D eigenvalue weighted by atomic mass is 10.1. The van der Waals surface area contributed by atoms with E-state index in [1.54, 1.807) is 7.05 Å². The second-order valence-corrected chi connectivity index (χ2v) is 7.26. The third-order valence-corrected chi connectivity index (χ3v) is 4.95. The molecule has 0 spiro atoms. The summed E-state index contributed by atoms with van der Waals surface area (Å²) in [5, 5.41) is 15.7. The highest BCUT2D eigenvalue weighted by atomic mass is 127. The van der Waals surface area contributed by atoms with E-state index in [9.17, 15) is 0 Å². The summed E-state index contributed by atoms with van der Waals surface area (Å²) in [7, 11) is 1.80. The van der Waals surface area contributed by atoms with Crippen molar-refractivity contribution >= 4 is 41.3 Å². The van der Waals surface area contributed by atoms with Gasteiger partial charge < -0.3 is 10.6 Å². The Labute approximate surface area is 180 Å². The van der Waals surface area contributed by atoms with Crippen LogP contribution in [0.25, 0.3) is 11.4 Å². The summed E-state index contributed by atoms with van der Waals surface area (Å²) in [4.78, 5) is 9.93. The van der Waals surface area contributed by atoms with Crippen LogP contribution in [0.5, 0.6) is 0 Å². The van der Waals surface area contributed by atoms with E-state index in [1.807, 2.05) is 23.5 Å². The van der Waals surface area contributed by atoms with Crippen LogP contribution in [-0.4, -0.2) is 34.7 Å². The SMILES string of the molecule is CN=C(NCc1cccc(-c2ncn[nH]2)c1)NCC(C)Cc1cccs1.I. The average Bonchev–Trinajstić information content (AvgIpc) is 3.36. The number of aromatic nitrogens is 3. The lowest BCUT2D eigenvalue weighted by Crippen LogP contribution is -2.39. The van der Waals surface area contributed by atoms with Gasteiger partial charge in [0.15, 0.2) is 11.8 Å². The van der Waals surface area contributed by atoms with Gasteiger partial charge in [0.2, 0.25) is 0 Å². The zero-order chi connectivity index (χ0) is 18.2. The molecule has 0 aliphatic heterocycles. The van der Waals surface area contributed by atoms with Crippen molar-refractivity contribution in [1.29, 1.82) is 0 Å². The number of guanidine groups is 1. The molecule has 0 aliphatic carbocycles. The molecule has 1 aromatic carbocycles. The Hall–Kier alpha value is -1.94. The quantitative estimate of drug-likeness (QED) is 0.265. The number of rotatable bonds is 7. The number of hydrogen-bond donors (Lipinski definition) is 3. The summed E-state index contributed by atoms with van der Waals surface area (Å²) < 4.78 is 0. The molecule has 8 heteroatoms. The third-order valence-electron chi connectivity index (χ3n) is 4.05. The van der Waals surface area contributed by atoms with Gasteiger partial charge in [-0.15, -0.1) is 35.3 Å². The molecule has 0 aliphatic rings. The van der Waals surface area contributed by atoms with Gasteiger partial charge in [-0.2, -0.15) is 5.10 Å². The molecule has 0 radical (unpaired) electrons. The summed E-state index contributed by atoms with van der Waals surface area (Å²) in [6, 6.07) is 12.5. The van der Waals surface area contributed by atoms with Crippen LogP contribution in [0, 0.1) is 5.92 Å². The number of benzene rings is 1. The minimum Gasteiger partial charge on any atom is -0.356 e. The van der Waals surface area contributed by atoms with E-state index >= 15 is 0 Å². The molecule has 1 atom stereocenters. The number of aliphatic imine (C=N–C) groups is 1. The number of aromatic amines is 1. The van der Waals surface area contributed by atoms with Crippen molar-refractivity contribution in [3.63, 3.8) is 0 Å². The minimum atomic E-state index is 0. The fourth-order valence-electron chi connectivity index (χ4n) is 2.69. The number of nitrogens with zero attached hydrogens (tertiary/aromatic N) is 3. The van der Waals surface area contributed by atoms with Gasteiger partial charge in [0, 0.05) is 30.6 Å². The topological polar surface area (TPSA) is 78.0 Å². The van der Waals surface area contributed by atoms with Gasteiger partial charge in [0.05, 0.1) is 0 Å². The van der Waals surface area contributed by atoms with Crippen LogP contribution in [0.4, 0.5) is 0 Å². The van der Waals surface area contributed by atoms with E-state index in [2.05, 4.69) is 67.4 Å². The molecule has 144 valence electrons. The van der Waals surface area contributed by atoms with Crippen LogP contribution in [0.2, 0.25) is 0 Å². The first-order valence-electron chi connectivity index (χ1n) is 8.66. The summed E-state index contributed by atoms with van der Waals surface area (Å²) in [5.74, 6) is 2.13. The molecule has 0 saturated carbocycles. The first-order valence-corrected chi connectivity index (χ1v) is 9.54. The Balaban J connectivity index is 0.00000261. The summed E-state index contributed by atoms with van der Waals surface area (Å²) in [6.07, 6.45) is 2.60. The van der Waals surface area contributed by atoms with Crippen LogP contribution in [0.1, 0.15) is 17.4 Å². The molecule has 3 aromatic rings. The van der Waals surface area contributed by atoms with Crippen molar-refractivity contribution in [2.24, 2.45) is 10.9 Å². The maximum absolute atomic E-state index is 4.31. The molecule has 2 aromatic heterocycles. The van der Waals surface area contributed by atoms with Crippen molar-refractivity contribution in [3.05, 3.63) is 58.5 Å².